The number of hydrogen-bond acceptors (Lipinski definition) is 6. The number of urea groups is 1. The van der Waals surface area contributed by atoms with Crippen molar-refractivity contribution in [3.63, 3.8) is 0 Å². The minimum absolute atomic E-state index is 0.0841. The normalized spacial score (nSPS) is 11.4. The largest absolute Gasteiger partial charge is 0.337 e. The summed E-state index contributed by atoms with van der Waals surface area (Å²) in [5, 5.41) is 5.16. The fourth-order valence-corrected chi connectivity index (χ4v) is 4.27. The number of hydrogen-bond donors (Lipinski definition) is 3. The molecule has 3 amide bonds. The van der Waals surface area contributed by atoms with Crippen LogP contribution in [0.1, 0.15) is 35.1 Å². The summed E-state index contributed by atoms with van der Waals surface area (Å²) < 4.78 is 28.3. The summed E-state index contributed by atoms with van der Waals surface area (Å²) in [4.78, 5) is 30.0. The number of nitrogens with one attached hydrogen (secondary N) is 3. The van der Waals surface area contributed by atoms with Gasteiger partial charge in [-0.05, 0) is 37.6 Å². The summed E-state index contributed by atoms with van der Waals surface area (Å²) >= 11 is 1.48. The third kappa shape index (κ3) is 5.12. The molecule has 0 unspecified atom stereocenters. The molecule has 0 fully saturated rings. The Morgan fingerprint density at radius 1 is 1.17 bits per heavy atom. The van der Waals surface area contributed by atoms with E-state index in [1.807, 2.05) is 24.8 Å². The van der Waals surface area contributed by atoms with Crippen molar-refractivity contribution in [3.8, 4) is 0 Å². The predicted molar refractivity (Wildman–Crippen MR) is 111 cm³/mol. The second kappa shape index (κ2) is 8.62. The Balaban J connectivity index is 1.63. The van der Waals surface area contributed by atoms with Crippen LogP contribution in [0.5, 0.6) is 0 Å². The minimum atomic E-state index is -4.00. The van der Waals surface area contributed by atoms with Gasteiger partial charge < -0.3 is 10.6 Å². The first-order chi connectivity index (χ1) is 13.8. The van der Waals surface area contributed by atoms with Crippen molar-refractivity contribution in [2.75, 3.05) is 11.9 Å². The molecule has 2 aromatic heterocycles. The molecule has 3 N–H and O–H groups in total. The van der Waals surface area contributed by atoms with Gasteiger partial charge in [0.1, 0.15) is 5.69 Å². The summed E-state index contributed by atoms with van der Waals surface area (Å²) in [5.74, 6) is -0.400. The van der Waals surface area contributed by atoms with Crippen LogP contribution in [-0.4, -0.2) is 36.3 Å². The molecule has 0 spiro atoms. The number of carbonyl (C=O) groups is 2. The Morgan fingerprint density at radius 2 is 1.90 bits per heavy atom. The summed E-state index contributed by atoms with van der Waals surface area (Å²) in [6.07, 6.45) is 5.16. The summed E-state index contributed by atoms with van der Waals surface area (Å²) in [5.41, 5.74) is 0.673. The van der Waals surface area contributed by atoms with E-state index in [1.54, 1.807) is 10.6 Å². The van der Waals surface area contributed by atoms with E-state index in [-0.39, 0.29) is 10.6 Å². The van der Waals surface area contributed by atoms with Crippen molar-refractivity contribution in [2.45, 2.75) is 31.6 Å². The number of rotatable bonds is 7. The number of imidazole rings is 1. The Labute approximate surface area is 172 Å². The Bertz CT molecular complexity index is 1100. The number of sulfonamides is 1. The quantitative estimate of drug-likeness (QED) is 0.493. The second-order valence-corrected chi connectivity index (χ2v) is 9.25. The van der Waals surface area contributed by atoms with Crippen LogP contribution in [-0.2, 0) is 10.0 Å². The molecule has 2 heterocycles. The van der Waals surface area contributed by atoms with Crippen LogP contribution >= 0.6 is 11.3 Å². The van der Waals surface area contributed by atoms with Gasteiger partial charge in [-0.2, -0.15) is 0 Å². The van der Waals surface area contributed by atoms with Gasteiger partial charge in [0.05, 0.1) is 4.90 Å². The molecule has 9 nitrogen and oxygen atoms in total. The lowest BCUT2D eigenvalue weighted by molar-refractivity contribution is 0.102. The van der Waals surface area contributed by atoms with Crippen molar-refractivity contribution >= 4 is 43.9 Å². The molecule has 11 heteroatoms. The van der Waals surface area contributed by atoms with E-state index in [4.69, 9.17) is 0 Å². The van der Waals surface area contributed by atoms with Gasteiger partial charge >= 0.3 is 6.03 Å². The van der Waals surface area contributed by atoms with Gasteiger partial charge in [-0.3, -0.25) is 9.20 Å². The average molecular weight is 436 g/mol. The fraction of sp³-hybridized carbons (Fsp3) is 0.278. The number of aryl methyl sites for hydroxylation is 1. The predicted octanol–water partition coefficient (Wildman–Crippen LogP) is 2.74. The highest BCUT2D eigenvalue weighted by Crippen LogP contribution is 2.18. The SMILES string of the molecule is CCCCNC(=O)NS(=O)(=O)c1ccc(NC(=O)c2cn3cc(C)sc3n2)cc1. The molecule has 0 atom stereocenters. The molecule has 0 aliphatic rings. The Hall–Kier alpha value is -2.92. The van der Waals surface area contributed by atoms with Crippen molar-refractivity contribution in [2.24, 2.45) is 0 Å². The Morgan fingerprint density at radius 3 is 2.55 bits per heavy atom. The summed E-state index contributed by atoms with van der Waals surface area (Å²) in [6, 6.07) is 4.75. The first kappa shape index (κ1) is 20.8. The first-order valence-corrected chi connectivity index (χ1v) is 11.3. The maximum absolute atomic E-state index is 12.4. The molecule has 3 rings (SSSR count). The third-order valence-corrected chi connectivity index (χ3v) is 6.23. The monoisotopic (exact) mass is 435 g/mol. The number of benzene rings is 1. The zero-order valence-corrected chi connectivity index (χ0v) is 17.6. The van der Waals surface area contributed by atoms with Gasteiger partial charge in [0, 0.05) is 29.5 Å². The number of anilines is 1. The van der Waals surface area contributed by atoms with Gasteiger partial charge in [0.25, 0.3) is 15.9 Å². The molecular formula is C18H21N5O4S2. The highest BCUT2D eigenvalue weighted by atomic mass is 32.2. The van der Waals surface area contributed by atoms with Crippen LogP contribution in [0, 0.1) is 6.92 Å². The second-order valence-electron chi connectivity index (χ2n) is 6.35. The van der Waals surface area contributed by atoms with E-state index < -0.39 is 22.0 Å². The van der Waals surface area contributed by atoms with Crippen molar-refractivity contribution < 1.29 is 18.0 Å². The van der Waals surface area contributed by atoms with E-state index in [2.05, 4.69) is 15.6 Å². The number of aromatic nitrogens is 2. The van der Waals surface area contributed by atoms with Crippen LogP contribution in [0.15, 0.2) is 41.6 Å². The number of nitrogens with zero attached hydrogens (tertiary/aromatic N) is 2. The zero-order valence-electron chi connectivity index (χ0n) is 15.9. The maximum Gasteiger partial charge on any atom is 0.328 e. The smallest absolute Gasteiger partial charge is 0.328 e. The van der Waals surface area contributed by atoms with Crippen molar-refractivity contribution in [1.29, 1.82) is 0 Å². The van der Waals surface area contributed by atoms with Gasteiger partial charge in [0.15, 0.2) is 4.96 Å². The number of carbonyl (C=O) groups excluding carboxylic acids is 2. The molecule has 0 aliphatic carbocycles. The number of thiazole rings is 1. The van der Waals surface area contributed by atoms with Crippen LogP contribution in [0.3, 0.4) is 0 Å². The van der Waals surface area contributed by atoms with Crippen LogP contribution in [0.2, 0.25) is 0 Å². The van der Waals surface area contributed by atoms with Crippen molar-refractivity contribution in [3.05, 3.63) is 47.2 Å². The number of unbranched alkanes of at least 4 members (excludes halogenated alkanes) is 1. The molecule has 29 heavy (non-hydrogen) atoms. The van der Waals surface area contributed by atoms with E-state index in [1.165, 1.54) is 35.6 Å². The first-order valence-electron chi connectivity index (χ1n) is 8.95. The highest BCUT2D eigenvalue weighted by Gasteiger charge is 2.18. The Kier molecular flexibility index (Phi) is 6.18. The van der Waals surface area contributed by atoms with E-state index in [0.717, 1.165) is 22.7 Å². The zero-order chi connectivity index (χ0) is 21.0. The molecular weight excluding hydrogens is 414 g/mol. The van der Waals surface area contributed by atoms with Gasteiger partial charge in [-0.25, -0.2) is 22.9 Å². The van der Waals surface area contributed by atoms with Gasteiger partial charge in [0.2, 0.25) is 0 Å². The third-order valence-electron chi connectivity index (χ3n) is 3.97. The van der Waals surface area contributed by atoms with E-state index in [9.17, 15) is 18.0 Å². The fourth-order valence-electron chi connectivity index (χ4n) is 2.53. The molecule has 3 aromatic rings. The average Bonchev–Trinajstić information content (AvgIpc) is 3.19. The summed E-state index contributed by atoms with van der Waals surface area (Å²) in [7, 11) is -4.00. The molecule has 154 valence electrons. The topological polar surface area (TPSA) is 122 Å². The van der Waals surface area contributed by atoms with E-state index in [0.29, 0.717) is 12.2 Å². The molecule has 0 saturated carbocycles. The van der Waals surface area contributed by atoms with E-state index >= 15 is 0 Å². The minimum Gasteiger partial charge on any atom is -0.337 e. The van der Waals surface area contributed by atoms with Crippen LogP contribution < -0.4 is 15.4 Å². The molecule has 0 bridgehead atoms. The van der Waals surface area contributed by atoms with Gasteiger partial charge in [-0.15, -0.1) is 11.3 Å². The molecule has 0 radical (unpaired) electrons. The lowest BCUT2D eigenvalue weighted by Crippen LogP contribution is -2.39. The summed E-state index contributed by atoms with van der Waals surface area (Å²) in [6.45, 7) is 4.32. The molecule has 0 saturated heterocycles. The van der Waals surface area contributed by atoms with Gasteiger partial charge in [-0.1, -0.05) is 13.3 Å². The highest BCUT2D eigenvalue weighted by molar-refractivity contribution is 7.90. The van der Waals surface area contributed by atoms with Crippen LogP contribution in [0.25, 0.3) is 4.96 Å². The maximum atomic E-state index is 12.4. The number of amides is 3. The van der Waals surface area contributed by atoms with Crippen molar-refractivity contribution in [1.82, 2.24) is 19.4 Å². The standard InChI is InChI=1S/C18H21N5O4S2/c1-3-4-9-19-17(25)22-29(26,27)14-7-5-13(6-8-14)20-16(24)15-11-23-10-12(2)28-18(23)21-15/h5-8,10-11H,3-4,9H2,1-2H3,(H,20,24)(H2,19,22,25). The lowest BCUT2D eigenvalue weighted by Gasteiger charge is -2.09. The molecule has 1 aromatic carbocycles. The lowest BCUT2D eigenvalue weighted by atomic mass is 10.3. The molecule has 0 aliphatic heterocycles. The van der Waals surface area contributed by atoms with Crippen LogP contribution in [0.4, 0.5) is 10.5 Å². The number of fused-ring (bicyclic) bond motifs is 1.